The molecule has 0 unspecified atom stereocenters. The van der Waals surface area contributed by atoms with Crippen LogP contribution in [0.5, 0.6) is 5.75 Å². The van der Waals surface area contributed by atoms with Gasteiger partial charge in [-0.25, -0.2) is 0 Å². The van der Waals surface area contributed by atoms with Gasteiger partial charge in [0.15, 0.2) is 0 Å². The fourth-order valence-corrected chi connectivity index (χ4v) is 6.92. The van der Waals surface area contributed by atoms with E-state index in [9.17, 15) is 5.11 Å². The Morgan fingerprint density at radius 1 is 1.03 bits per heavy atom. The van der Waals surface area contributed by atoms with Crippen LogP contribution < -0.4 is 0 Å². The van der Waals surface area contributed by atoms with Gasteiger partial charge >= 0.3 is 0 Å². The van der Waals surface area contributed by atoms with Crippen molar-refractivity contribution in [1.29, 1.82) is 0 Å². The maximum absolute atomic E-state index is 10.4. The molecule has 2 fully saturated rings. The van der Waals surface area contributed by atoms with Crippen molar-refractivity contribution in [2.45, 2.75) is 50.0 Å². The zero-order valence-electron chi connectivity index (χ0n) is 17.3. The molecule has 0 spiro atoms. The molecule has 3 aromatic rings. The first-order valence-electron chi connectivity index (χ1n) is 11.6. The summed E-state index contributed by atoms with van der Waals surface area (Å²) in [5.41, 5.74) is 6.85. The summed E-state index contributed by atoms with van der Waals surface area (Å²) in [7, 11) is 0. The van der Waals surface area contributed by atoms with Crippen LogP contribution in [-0.2, 0) is 24.7 Å². The van der Waals surface area contributed by atoms with Crippen molar-refractivity contribution in [1.82, 2.24) is 9.88 Å². The van der Waals surface area contributed by atoms with E-state index in [2.05, 4.69) is 47.4 Å². The van der Waals surface area contributed by atoms with Gasteiger partial charge in [-0.15, -0.1) is 0 Å². The van der Waals surface area contributed by atoms with Gasteiger partial charge in [-0.3, -0.25) is 9.88 Å². The molecule has 2 bridgehead atoms. The molecule has 1 saturated carbocycles. The lowest BCUT2D eigenvalue weighted by molar-refractivity contribution is 0.00473. The van der Waals surface area contributed by atoms with Crippen molar-refractivity contribution in [2.24, 2.45) is 11.8 Å². The number of para-hydroxylation sites is 1. The maximum Gasteiger partial charge on any atom is 0.115 e. The average molecular weight is 397 g/mol. The fraction of sp³-hybridized carbons (Fsp3) is 0.444. The topological polar surface area (TPSA) is 36.4 Å². The highest BCUT2D eigenvalue weighted by atomic mass is 16.3. The number of rotatable bonds is 2. The minimum absolute atomic E-state index is 0.125. The van der Waals surface area contributed by atoms with Gasteiger partial charge in [-0.05, 0) is 91.4 Å². The van der Waals surface area contributed by atoms with E-state index in [1.54, 1.807) is 0 Å². The van der Waals surface area contributed by atoms with E-state index in [0.717, 1.165) is 30.7 Å². The smallest absolute Gasteiger partial charge is 0.115 e. The van der Waals surface area contributed by atoms with Crippen LogP contribution in [0.15, 0.2) is 48.5 Å². The van der Waals surface area contributed by atoms with Gasteiger partial charge in [0, 0.05) is 35.5 Å². The molecule has 1 N–H and O–H groups in total. The summed E-state index contributed by atoms with van der Waals surface area (Å²) in [6.07, 6.45) is 7.29. The molecule has 30 heavy (non-hydrogen) atoms. The standard InChI is InChI=1S/C27H28N2O/c30-21-8-7-18-13-26-23-12-20-11-19-3-1-2-4-24(19)28-25(20)15-27(23,22(18)14-21)9-10-29(26)16-17-5-6-17/h1-4,7-8,11,14,17,23,26,30H,5-6,9-10,12-13,15-16H2/t23-,26-,27+/m0/s1. The van der Waals surface area contributed by atoms with Crippen molar-refractivity contribution >= 4 is 10.9 Å². The normalized spacial score (nSPS) is 29.9. The van der Waals surface area contributed by atoms with Crippen LogP contribution >= 0.6 is 0 Å². The molecule has 4 aliphatic rings. The number of hydrogen-bond acceptors (Lipinski definition) is 3. The monoisotopic (exact) mass is 396 g/mol. The number of likely N-dealkylation sites (tertiary alicyclic amines) is 1. The number of fused-ring (bicyclic) bond motifs is 3. The number of pyridine rings is 1. The summed E-state index contributed by atoms with van der Waals surface area (Å²) >= 11 is 0. The molecular formula is C27H28N2O. The second kappa shape index (κ2) is 6.07. The first-order valence-corrected chi connectivity index (χ1v) is 11.6. The van der Waals surface area contributed by atoms with E-state index >= 15 is 0 Å². The molecular weight excluding hydrogens is 368 g/mol. The van der Waals surface area contributed by atoms with Crippen molar-refractivity contribution in [2.75, 3.05) is 13.1 Å². The zero-order chi connectivity index (χ0) is 19.9. The number of benzene rings is 2. The Balaban J connectivity index is 1.40. The first kappa shape index (κ1) is 17.3. The number of nitrogens with zero attached hydrogens (tertiary/aromatic N) is 2. The number of aromatic hydroxyl groups is 1. The van der Waals surface area contributed by atoms with Crippen LogP contribution in [0.1, 0.15) is 41.6 Å². The van der Waals surface area contributed by atoms with E-state index in [1.807, 2.05) is 6.07 Å². The average Bonchev–Trinajstić information content (AvgIpc) is 3.57. The summed E-state index contributed by atoms with van der Waals surface area (Å²) in [5, 5.41) is 11.6. The zero-order valence-corrected chi connectivity index (χ0v) is 17.3. The van der Waals surface area contributed by atoms with E-state index in [0.29, 0.717) is 17.7 Å². The van der Waals surface area contributed by atoms with E-state index in [-0.39, 0.29) is 5.41 Å². The quantitative estimate of drug-likeness (QED) is 0.686. The third-order valence-corrected chi connectivity index (χ3v) is 8.55. The molecule has 3 atom stereocenters. The number of phenolic OH excluding ortho intramolecular Hbond substituents is 1. The molecule has 3 heteroatoms. The lowest BCUT2D eigenvalue weighted by Crippen LogP contribution is -2.62. The molecule has 1 aromatic heterocycles. The predicted molar refractivity (Wildman–Crippen MR) is 119 cm³/mol. The molecule has 3 aliphatic carbocycles. The number of hydrogen-bond donors (Lipinski definition) is 1. The van der Waals surface area contributed by atoms with Crippen molar-refractivity contribution < 1.29 is 5.11 Å². The Labute approximate surface area is 177 Å². The van der Waals surface area contributed by atoms with Gasteiger partial charge in [0.1, 0.15) is 5.75 Å². The molecule has 7 rings (SSSR count). The molecule has 0 radical (unpaired) electrons. The summed E-state index contributed by atoms with van der Waals surface area (Å²) in [6.45, 7) is 2.48. The summed E-state index contributed by atoms with van der Waals surface area (Å²) in [5.74, 6) is 1.97. The lowest BCUT2D eigenvalue weighted by atomic mass is 9.52. The fourth-order valence-electron chi connectivity index (χ4n) is 6.92. The van der Waals surface area contributed by atoms with Gasteiger partial charge in [-0.2, -0.15) is 0 Å². The minimum Gasteiger partial charge on any atom is -0.508 e. The van der Waals surface area contributed by atoms with E-state index in [1.165, 1.54) is 60.1 Å². The summed E-state index contributed by atoms with van der Waals surface area (Å²) in [4.78, 5) is 7.97. The highest BCUT2D eigenvalue weighted by Gasteiger charge is 2.55. The maximum atomic E-state index is 10.4. The number of aromatic nitrogens is 1. The Morgan fingerprint density at radius 3 is 2.83 bits per heavy atom. The second-order valence-electron chi connectivity index (χ2n) is 10.2. The SMILES string of the molecule is Oc1ccc2c(c1)[C@]13CCN(CC4CC4)[C@@H](C2)[C@@H]1Cc1cc2ccccc2nc1C3. The second-order valence-corrected chi connectivity index (χ2v) is 10.2. The van der Waals surface area contributed by atoms with Gasteiger partial charge in [-0.1, -0.05) is 24.3 Å². The molecule has 1 saturated heterocycles. The number of phenols is 1. The van der Waals surface area contributed by atoms with E-state index in [4.69, 9.17) is 4.98 Å². The van der Waals surface area contributed by atoms with Crippen LogP contribution in [-0.4, -0.2) is 34.1 Å². The molecule has 2 aromatic carbocycles. The van der Waals surface area contributed by atoms with Gasteiger partial charge in [0.25, 0.3) is 0 Å². The summed E-state index contributed by atoms with van der Waals surface area (Å²) < 4.78 is 0. The highest BCUT2D eigenvalue weighted by molar-refractivity contribution is 5.79. The van der Waals surface area contributed by atoms with Crippen LogP contribution in [0, 0.1) is 11.8 Å². The van der Waals surface area contributed by atoms with Crippen LogP contribution in [0.4, 0.5) is 0 Å². The molecule has 2 heterocycles. The first-order chi connectivity index (χ1) is 14.7. The van der Waals surface area contributed by atoms with Crippen LogP contribution in [0.2, 0.25) is 0 Å². The van der Waals surface area contributed by atoms with Gasteiger partial charge in [0.2, 0.25) is 0 Å². The van der Waals surface area contributed by atoms with Crippen LogP contribution in [0.3, 0.4) is 0 Å². The Hall–Kier alpha value is -2.39. The Morgan fingerprint density at radius 2 is 1.93 bits per heavy atom. The predicted octanol–water partition coefficient (Wildman–Crippen LogP) is 4.63. The third kappa shape index (κ3) is 2.45. The van der Waals surface area contributed by atoms with Crippen LogP contribution in [0.25, 0.3) is 10.9 Å². The van der Waals surface area contributed by atoms with Gasteiger partial charge in [0.05, 0.1) is 5.52 Å². The molecule has 3 nitrogen and oxygen atoms in total. The number of piperidine rings is 1. The Bertz CT molecular complexity index is 1170. The molecule has 152 valence electrons. The molecule has 0 amide bonds. The third-order valence-electron chi connectivity index (χ3n) is 8.55. The summed E-state index contributed by atoms with van der Waals surface area (Å²) in [6, 6.07) is 17.7. The van der Waals surface area contributed by atoms with Gasteiger partial charge < -0.3 is 5.11 Å². The van der Waals surface area contributed by atoms with Crippen molar-refractivity contribution in [3.8, 4) is 5.75 Å². The largest absolute Gasteiger partial charge is 0.508 e. The lowest BCUT2D eigenvalue weighted by Gasteiger charge is -2.59. The van der Waals surface area contributed by atoms with Crippen molar-refractivity contribution in [3.05, 3.63) is 70.9 Å². The van der Waals surface area contributed by atoms with Crippen molar-refractivity contribution in [3.63, 3.8) is 0 Å². The Kier molecular flexibility index (Phi) is 3.50. The van der Waals surface area contributed by atoms with E-state index < -0.39 is 0 Å². The highest BCUT2D eigenvalue weighted by Crippen LogP contribution is 2.55. The molecule has 1 aliphatic heterocycles. The minimum atomic E-state index is 0.125.